The van der Waals surface area contributed by atoms with E-state index in [9.17, 15) is 0 Å². The molecule has 1 aromatic rings. The fraction of sp³-hybridized carbons (Fsp3) is 0.667. The molecule has 2 heteroatoms. The average Bonchev–Trinajstić information content (AvgIpc) is 2.41. The van der Waals surface area contributed by atoms with Crippen LogP contribution in [0.15, 0.2) is 24.3 Å². The topological polar surface area (TPSA) is 21.3 Å². The molecule has 0 aromatic heterocycles. The molecule has 0 saturated heterocycles. The summed E-state index contributed by atoms with van der Waals surface area (Å²) in [5.41, 5.74) is 1.39. The first-order valence-electron chi connectivity index (χ1n) is 8.04. The lowest BCUT2D eigenvalue weighted by Crippen LogP contribution is -2.28. The fourth-order valence-corrected chi connectivity index (χ4v) is 3.48. The van der Waals surface area contributed by atoms with Crippen molar-refractivity contribution in [3.63, 3.8) is 0 Å². The monoisotopic (exact) mass is 275 g/mol. The number of benzene rings is 1. The average molecular weight is 275 g/mol. The van der Waals surface area contributed by atoms with Crippen molar-refractivity contribution in [2.45, 2.75) is 58.6 Å². The van der Waals surface area contributed by atoms with Crippen molar-refractivity contribution in [2.75, 3.05) is 7.05 Å². The Bertz CT molecular complexity index is 398. The Kier molecular flexibility index (Phi) is 5.47. The van der Waals surface area contributed by atoms with E-state index in [1.165, 1.54) is 31.2 Å². The van der Waals surface area contributed by atoms with E-state index >= 15 is 0 Å². The summed E-state index contributed by atoms with van der Waals surface area (Å²) >= 11 is 0. The van der Waals surface area contributed by atoms with Gasteiger partial charge in [-0.2, -0.15) is 0 Å². The van der Waals surface area contributed by atoms with E-state index in [1.807, 2.05) is 0 Å². The Morgan fingerprint density at radius 2 is 1.85 bits per heavy atom. The molecule has 1 aliphatic carbocycles. The molecular weight excluding hydrogens is 246 g/mol. The van der Waals surface area contributed by atoms with Gasteiger partial charge in [-0.1, -0.05) is 31.9 Å². The van der Waals surface area contributed by atoms with Crippen LogP contribution in [0, 0.1) is 11.8 Å². The van der Waals surface area contributed by atoms with Crippen LogP contribution in [0.4, 0.5) is 0 Å². The van der Waals surface area contributed by atoms with Gasteiger partial charge in [0.15, 0.2) is 0 Å². The molecule has 1 fully saturated rings. The van der Waals surface area contributed by atoms with Crippen molar-refractivity contribution >= 4 is 0 Å². The first-order valence-corrected chi connectivity index (χ1v) is 8.04. The van der Waals surface area contributed by atoms with Crippen molar-refractivity contribution in [3.8, 4) is 5.75 Å². The van der Waals surface area contributed by atoms with Crippen molar-refractivity contribution in [1.82, 2.24) is 5.32 Å². The van der Waals surface area contributed by atoms with Crippen LogP contribution >= 0.6 is 0 Å². The van der Waals surface area contributed by atoms with Gasteiger partial charge in [-0.3, -0.25) is 0 Å². The minimum absolute atomic E-state index is 0.236. The number of ether oxygens (including phenoxy) is 1. The second kappa shape index (κ2) is 7.12. The molecule has 3 atom stereocenters. The molecule has 1 N–H and O–H groups in total. The maximum absolute atomic E-state index is 5.72. The number of nitrogens with one attached hydrogen (secondary N) is 1. The van der Waals surface area contributed by atoms with Gasteiger partial charge in [0.2, 0.25) is 0 Å². The Labute approximate surface area is 123 Å². The lowest BCUT2D eigenvalue weighted by atomic mass is 9.77. The number of rotatable bonds is 5. The fourth-order valence-electron chi connectivity index (χ4n) is 3.48. The highest BCUT2D eigenvalue weighted by atomic mass is 16.5. The van der Waals surface area contributed by atoms with Gasteiger partial charge in [0.1, 0.15) is 5.75 Å². The second-order valence-corrected chi connectivity index (χ2v) is 6.53. The van der Waals surface area contributed by atoms with Gasteiger partial charge in [-0.25, -0.2) is 0 Å². The van der Waals surface area contributed by atoms with Crippen molar-refractivity contribution in [3.05, 3.63) is 29.8 Å². The molecule has 0 amide bonds. The molecule has 1 aliphatic rings. The maximum Gasteiger partial charge on any atom is 0.119 e. The van der Waals surface area contributed by atoms with E-state index in [2.05, 4.69) is 57.4 Å². The van der Waals surface area contributed by atoms with Gasteiger partial charge in [0, 0.05) is 6.04 Å². The van der Waals surface area contributed by atoms with E-state index in [4.69, 9.17) is 4.74 Å². The minimum Gasteiger partial charge on any atom is -0.491 e. The largest absolute Gasteiger partial charge is 0.491 e. The zero-order chi connectivity index (χ0) is 14.5. The van der Waals surface area contributed by atoms with E-state index in [0.29, 0.717) is 6.04 Å². The Balaban J connectivity index is 2.07. The van der Waals surface area contributed by atoms with Crippen LogP contribution in [-0.4, -0.2) is 13.2 Å². The van der Waals surface area contributed by atoms with Crippen LogP contribution in [0.1, 0.15) is 58.1 Å². The van der Waals surface area contributed by atoms with Gasteiger partial charge in [0.05, 0.1) is 6.10 Å². The van der Waals surface area contributed by atoms with Gasteiger partial charge < -0.3 is 10.1 Å². The Morgan fingerprint density at radius 3 is 2.40 bits per heavy atom. The van der Waals surface area contributed by atoms with Gasteiger partial charge in [-0.15, -0.1) is 0 Å². The zero-order valence-electron chi connectivity index (χ0n) is 13.4. The summed E-state index contributed by atoms with van der Waals surface area (Å²) in [6, 6.07) is 9.12. The Hall–Kier alpha value is -1.02. The van der Waals surface area contributed by atoms with Gasteiger partial charge >= 0.3 is 0 Å². The molecule has 3 unspecified atom stereocenters. The molecule has 1 saturated carbocycles. The highest BCUT2D eigenvalue weighted by molar-refractivity contribution is 5.29. The highest BCUT2D eigenvalue weighted by Gasteiger charge is 2.26. The molecule has 112 valence electrons. The summed E-state index contributed by atoms with van der Waals surface area (Å²) in [6.45, 7) is 6.51. The van der Waals surface area contributed by atoms with Crippen LogP contribution in [0.5, 0.6) is 5.75 Å². The molecule has 2 nitrogen and oxygen atoms in total. The summed E-state index contributed by atoms with van der Waals surface area (Å²) in [6.07, 6.45) is 5.70. The third-order valence-corrected chi connectivity index (χ3v) is 4.37. The van der Waals surface area contributed by atoms with Crippen LogP contribution in [-0.2, 0) is 0 Å². The van der Waals surface area contributed by atoms with Gasteiger partial charge in [-0.05, 0) is 63.3 Å². The molecule has 2 rings (SSSR count). The smallest absolute Gasteiger partial charge is 0.119 e. The summed E-state index contributed by atoms with van der Waals surface area (Å²) < 4.78 is 5.72. The molecule has 0 heterocycles. The normalized spacial score (nSPS) is 24.6. The molecule has 0 radical (unpaired) electrons. The van der Waals surface area contributed by atoms with Crippen LogP contribution in [0.3, 0.4) is 0 Å². The van der Waals surface area contributed by atoms with Crippen molar-refractivity contribution in [1.29, 1.82) is 0 Å². The lowest BCUT2D eigenvalue weighted by molar-refractivity contribution is 0.229. The van der Waals surface area contributed by atoms with Crippen LogP contribution in [0.25, 0.3) is 0 Å². The Morgan fingerprint density at radius 1 is 1.15 bits per heavy atom. The van der Waals surface area contributed by atoms with Crippen LogP contribution < -0.4 is 10.1 Å². The molecule has 0 aliphatic heterocycles. The second-order valence-electron chi connectivity index (χ2n) is 6.53. The standard InChI is InChI=1S/C18H29NO/c1-13(2)20-17-10-8-15(9-11-17)18(19-4)16-7-5-6-14(3)12-16/h8-11,13-14,16,18-19H,5-7,12H2,1-4H3. The lowest BCUT2D eigenvalue weighted by Gasteiger charge is -2.33. The summed E-state index contributed by atoms with van der Waals surface area (Å²) in [4.78, 5) is 0. The number of hydrogen-bond acceptors (Lipinski definition) is 2. The molecular formula is C18H29NO. The first kappa shape index (κ1) is 15.4. The molecule has 20 heavy (non-hydrogen) atoms. The maximum atomic E-state index is 5.72. The molecule has 0 bridgehead atoms. The SMILES string of the molecule is CNC(c1ccc(OC(C)C)cc1)C1CCCC(C)C1. The third-order valence-electron chi connectivity index (χ3n) is 4.37. The summed E-state index contributed by atoms with van der Waals surface area (Å²) in [7, 11) is 2.09. The van der Waals surface area contributed by atoms with Crippen LogP contribution in [0.2, 0.25) is 0 Å². The van der Waals surface area contributed by atoms with E-state index in [1.54, 1.807) is 0 Å². The summed E-state index contributed by atoms with van der Waals surface area (Å²) in [5.74, 6) is 2.60. The number of hydrogen-bond donors (Lipinski definition) is 1. The molecule has 0 spiro atoms. The quantitative estimate of drug-likeness (QED) is 0.850. The van der Waals surface area contributed by atoms with E-state index in [-0.39, 0.29) is 6.10 Å². The predicted molar refractivity (Wildman–Crippen MR) is 85.1 cm³/mol. The zero-order valence-corrected chi connectivity index (χ0v) is 13.4. The highest BCUT2D eigenvalue weighted by Crippen LogP contribution is 2.37. The minimum atomic E-state index is 0.236. The predicted octanol–water partition coefficient (Wildman–Crippen LogP) is 4.56. The van der Waals surface area contributed by atoms with Crippen molar-refractivity contribution in [2.24, 2.45) is 11.8 Å². The summed E-state index contributed by atoms with van der Waals surface area (Å²) in [5, 5.41) is 3.53. The third kappa shape index (κ3) is 3.99. The van der Waals surface area contributed by atoms with E-state index < -0.39 is 0 Å². The molecule has 1 aromatic carbocycles. The first-order chi connectivity index (χ1) is 9.60. The van der Waals surface area contributed by atoms with E-state index in [0.717, 1.165) is 17.6 Å². The van der Waals surface area contributed by atoms with Crippen molar-refractivity contribution < 1.29 is 4.74 Å². The van der Waals surface area contributed by atoms with Gasteiger partial charge in [0.25, 0.3) is 0 Å².